The minimum absolute atomic E-state index is 0.205. The van der Waals surface area contributed by atoms with E-state index < -0.39 is 77.1 Å². The molecule has 0 radical (unpaired) electrons. The molecule has 4 aromatic rings. The molecule has 0 aliphatic carbocycles. The van der Waals surface area contributed by atoms with Crippen LogP contribution in [0.5, 0.6) is 5.75 Å². The Morgan fingerprint density at radius 1 is 0.980 bits per heavy atom. The van der Waals surface area contributed by atoms with Gasteiger partial charge in [-0.3, -0.25) is 13.9 Å². The van der Waals surface area contributed by atoms with Crippen LogP contribution >= 0.6 is 0 Å². The Morgan fingerprint density at radius 2 is 1.68 bits per heavy atom. The molecule has 0 bridgehead atoms. The number of aromatic nitrogens is 2. The minimum atomic E-state index is -4.98. The van der Waals surface area contributed by atoms with Crippen LogP contribution in [-0.2, 0) is 28.7 Å². The number of rotatable bonds is 9. The second-order valence-electron chi connectivity index (χ2n) is 12.8. The number of alkyl carbamates (subject to hydrolysis) is 1. The zero-order chi connectivity index (χ0) is 36.4. The smallest absolute Gasteiger partial charge is 0.416 e. The molecule has 2 atom stereocenters. The van der Waals surface area contributed by atoms with Gasteiger partial charge in [-0.2, -0.15) is 13.2 Å². The van der Waals surface area contributed by atoms with Crippen molar-refractivity contribution in [3.63, 3.8) is 0 Å². The number of benzene rings is 3. The summed E-state index contributed by atoms with van der Waals surface area (Å²) in [5.74, 6) is -2.40. The van der Waals surface area contributed by atoms with Gasteiger partial charge in [0.2, 0.25) is 0 Å². The van der Waals surface area contributed by atoms with Crippen molar-refractivity contribution in [2.75, 3.05) is 13.2 Å². The van der Waals surface area contributed by atoms with Crippen LogP contribution in [0.3, 0.4) is 0 Å². The lowest BCUT2D eigenvalue weighted by Crippen LogP contribution is -2.46. The van der Waals surface area contributed by atoms with Gasteiger partial charge in [0.15, 0.2) is 11.6 Å². The van der Waals surface area contributed by atoms with E-state index in [0.717, 1.165) is 16.7 Å². The van der Waals surface area contributed by atoms with E-state index in [-0.39, 0.29) is 29.2 Å². The van der Waals surface area contributed by atoms with Gasteiger partial charge in [0.1, 0.15) is 17.5 Å². The summed E-state index contributed by atoms with van der Waals surface area (Å²) in [6.45, 7) is 5.33. The molecule has 1 aromatic heterocycles. The van der Waals surface area contributed by atoms with Crippen LogP contribution in [-0.4, -0.2) is 40.1 Å². The first kappa shape index (κ1) is 36.3. The number of hydrogen-bond donors (Lipinski definition) is 1. The van der Waals surface area contributed by atoms with E-state index >= 15 is 8.78 Å². The van der Waals surface area contributed by atoms with Crippen molar-refractivity contribution < 1.29 is 41.0 Å². The summed E-state index contributed by atoms with van der Waals surface area (Å²) in [7, 11) is 0. The summed E-state index contributed by atoms with van der Waals surface area (Å²) < 4.78 is 91.5. The zero-order valence-corrected chi connectivity index (χ0v) is 27.8. The molecular formula is C36H36F5N3O6. The number of carbonyl (C=O) groups is 1. The molecule has 1 aliphatic rings. The number of halogens is 5. The SMILES string of the molecule is Cc1c(-c2cccc(O[C@H]3CCOC3)c2F)c(=O)n(C[C@H](NC(=O)OC(C)(C)C)c2ccccc2)c(=O)n1Cc1c(F)cccc1C(F)(F)F. The number of hydrogen-bond acceptors (Lipinski definition) is 6. The van der Waals surface area contributed by atoms with E-state index in [1.807, 2.05) is 0 Å². The molecule has 50 heavy (non-hydrogen) atoms. The fourth-order valence-corrected chi connectivity index (χ4v) is 5.73. The minimum Gasteiger partial charge on any atom is -0.485 e. The lowest BCUT2D eigenvalue weighted by atomic mass is 10.0. The molecule has 2 heterocycles. The van der Waals surface area contributed by atoms with Gasteiger partial charge in [0, 0.05) is 23.2 Å². The van der Waals surface area contributed by atoms with Crippen LogP contribution in [0.25, 0.3) is 11.1 Å². The fraction of sp³-hybridized carbons (Fsp3) is 0.361. The van der Waals surface area contributed by atoms with Crippen molar-refractivity contribution in [1.29, 1.82) is 0 Å². The molecule has 0 saturated carbocycles. The fourth-order valence-electron chi connectivity index (χ4n) is 5.73. The number of nitrogens with one attached hydrogen (secondary N) is 1. The Morgan fingerprint density at radius 3 is 2.32 bits per heavy atom. The predicted octanol–water partition coefficient (Wildman–Crippen LogP) is 6.76. The first-order valence-corrected chi connectivity index (χ1v) is 15.8. The Hall–Kier alpha value is -4.98. The molecule has 1 aliphatic heterocycles. The quantitative estimate of drug-likeness (QED) is 0.194. The van der Waals surface area contributed by atoms with Crippen molar-refractivity contribution >= 4 is 6.09 Å². The number of ether oxygens (including phenoxy) is 3. The Balaban J connectivity index is 1.72. The lowest BCUT2D eigenvalue weighted by Gasteiger charge is -2.25. The maximum Gasteiger partial charge on any atom is 0.416 e. The van der Waals surface area contributed by atoms with Crippen LogP contribution in [0, 0.1) is 18.6 Å². The lowest BCUT2D eigenvalue weighted by molar-refractivity contribution is -0.138. The van der Waals surface area contributed by atoms with Gasteiger partial charge in [-0.05, 0) is 51.5 Å². The van der Waals surface area contributed by atoms with E-state index in [0.29, 0.717) is 29.2 Å². The molecule has 1 N–H and O–H groups in total. The van der Waals surface area contributed by atoms with Crippen molar-refractivity contribution in [3.05, 3.63) is 122 Å². The molecule has 1 saturated heterocycles. The molecule has 0 unspecified atom stereocenters. The van der Waals surface area contributed by atoms with Gasteiger partial charge in [-0.15, -0.1) is 0 Å². The molecule has 0 spiro atoms. The third-order valence-corrected chi connectivity index (χ3v) is 8.10. The number of amides is 1. The maximum atomic E-state index is 16.2. The highest BCUT2D eigenvalue weighted by Gasteiger charge is 2.35. The average Bonchev–Trinajstić information content (AvgIpc) is 3.55. The van der Waals surface area contributed by atoms with Gasteiger partial charge in [0.25, 0.3) is 5.56 Å². The monoisotopic (exact) mass is 701 g/mol. The number of nitrogens with zero attached hydrogens (tertiary/aromatic N) is 2. The highest BCUT2D eigenvalue weighted by Crippen LogP contribution is 2.35. The second-order valence-corrected chi connectivity index (χ2v) is 12.8. The predicted molar refractivity (Wildman–Crippen MR) is 174 cm³/mol. The van der Waals surface area contributed by atoms with E-state index in [1.54, 1.807) is 51.1 Å². The number of alkyl halides is 3. The molecule has 3 aromatic carbocycles. The highest BCUT2D eigenvalue weighted by atomic mass is 19.4. The molecule has 9 nitrogen and oxygen atoms in total. The Labute approximate surface area is 284 Å². The Kier molecular flexibility index (Phi) is 10.5. The van der Waals surface area contributed by atoms with Gasteiger partial charge >= 0.3 is 18.0 Å². The van der Waals surface area contributed by atoms with Crippen LogP contribution in [0.2, 0.25) is 0 Å². The largest absolute Gasteiger partial charge is 0.485 e. The van der Waals surface area contributed by atoms with E-state index in [1.165, 1.54) is 25.1 Å². The van der Waals surface area contributed by atoms with E-state index in [9.17, 15) is 27.6 Å². The normalized spacial score (nSPS) is 15.5. The summed E-state index contributed by atoms with van der Waals surface area (Å²) >= 11 is 0. The van der Waals surface area contributed by atoms with Crippen molar-refractivity contribution in [2.45, 2.75) is 71.1 Å². The van der Waals surface area contributed by atoms with Crippen LogP contribution in [0.4, 0.5) is 26.7 Å². The maximum absolute atomic E-state index is 16.2. The summed E-state index contributed by atoms with van der Waals surface area (Å²) in [4.78, 5) is 41.4. The molecule has 1 amide bonds. The highest BCUT2D eigenvalue weighted by molar-refractivity contribution is 5.69. The molecular weight excluding hydrogens is 665 g/mol. The molecule has 14 heteroatoms. The molecule has 266 valence electrons. The zero-order valence-electron chi connectivity index (χ0n) is 27.8. The van der Waals surface area contributed by atoms with Crippen LogP contribution in [0.15, 0.2) is 76.3 Å². The third kappa shape index (κ3) is 8.07. The topological polar surface area (TPSA) is 101 Å². The summed E-state index contributed by atoms with van der Waals surface area (Å²) in [6, 6.07) is 13.7. The van der Waals surface area contributed by atoms with Crippen LogP contribution < -0.4 is 21.3 Å². The average molecular weight is 702 g/mol. The van der Waals surface area contributed by atoms with E-state index in [2.05, 4.69) is 5.32 Å². The van der Waals surface area contributed by atoms with Gasteiger partial charge < -0.3 is 19.5 Å². The second kappa shape index (κ2) is 14.5. The number of carbonyl (C=O) groups excluding carboxylic acids is 1. The van der Waals surface area contributed by atoms with E-state index in [4.69, 9.17) is 14.2 Å². The van der Waals surface area contributed by atoms with Crippen molar-refractivity contribution in [1.82, 2.24) is 14.5 Å². The Bertz CT molecular complexity index is 1980. The van der Waals surface area contributed by atoms with Crippen LogP contribution in [0.1, 0.15) is 55.6 Å². The summed E-state index contributed by atoms with van der Waals surface area (Å²) in [5.41, 5.74) is -5.63. The summed E-state index contributed by atoms with van der Waals surface area (Å²) in [6.07, 6.45) is -5.82. The first-order chi connectivity index (χ1) is 23.5. The molecule has 5 rings (SSSR count). The summed E-state index contributed by atoms with van der Waals surface area (Å²) in [5, 5.41) is 2.65. The van der Waals surface area contributed by atoms with Gasteiger partial charge in [-0.25, -0.2) is 18.4 Å². The standard InChI is InChI=1S/C36H36F5N3O6/c1-21-30(24-12-8-15-29(31(24)38)49-23-16-17-48-20-23)32(45)44(19-28(22-10-6-5-7-11-22)42-33(46)50-35(2,3)4)34(47)43(21)18-25-26(36(39,40)41)13-9-14-27(25)37/h5-15,23,28H,16-20H2,1-4H3,(H,42,46)/t23-,28-/m0/s1. The molecule has 1 fully saturated rings. The van der Waals surface area contributed by atoms with Crippen molar-refractivity contribution in [3.8, 4) is 16.9 Å². The first-order valence-electron chi connectivity index (χ1n) is 15.8. The van der Waals surface area contributed by atoms with Gasteiger partial charge in [0.05, 0.1) is 43.5 Å². The third-order valence-electron chi connectivity index (χ3n) is 8.10. The van der Waals surface area contributed by atoms with Crippen molar-refractivity contribution in [2.24, 2.45) is 0 Å². The van der Waals surface area contributed by atoms with Gasteiger partial charge in [-0.1, -0.05) is 48.5 Å².